The van der Waals surface area contributed by atoms with E-state index in [4.69, 9.17) is 0 Å². The molecule has 0 spiro atoms. The fraction of sp³-hybridized carbons (Fsp3) is 0.727. The Labute approximate surface area is 81.6 Å². The van der Waals surface area contributed by atoms with Gasteiger partial charge in [-0.15, -0.1) is 0 Å². The third-order valence-corrected chi connectivity index (χ3v) is 2.03. The van der Waals surface area contributed by atoms with Gasteiger partial charge in [-0.05, 0) is 19.3 Å². The largest absolute Gasteiger partial charge is 0.349 e. The van der Waals surface area contributed by atoms with E-state index in [2.05, 4.69) is 19.1 Å². The zero-order valence-corrected chi connectivity index (χ0v) is 9.21. The van der Waals surface area contributed by atoms with E-state index < -0.39 is 0 Å². The number of nitrogens with zero attached hydrogens (tertiary/aromatic N) is 1. The van der Waals surface area contributed by atoms with Crippen LogP contribution in [0.5, 0.6) is 0 Å². The smallest absolute Gasteiger partial charge is 0.224 e. The fourth-order valence-corrected chi connectivity index (χ4v) is 1.19. The SMILES string of the molecule is CC/C=C\CCC(C)C(=O)N(C)C. The zero-order valence-electron chi connectivity index (χ0n) is 9.21. The van der Waals surface area contributed by atoms with E-state index >= 15 is 0 Å². The molecule has 0 rings (SSSR count). The maximum absolute atomic E-state index is 11.4. The van der Waals surface area contributed by atoms with Crippen LogP contribution in [0.25, 0.3) is 0 Å². The second-order valence-electron chi connectivity index (χ2n) is 3.59. The van der Waals surface area contributed by atoms with Gasteiger partial charge >= 0.3 is 0 Å². The van der Waals surface area contributed by atoms with Crippen molar-refractivity contribution in [1.82, 2.24) is 4.90 Å². The van der Waals surface area contributed by atoms with E-state index in [-0.39, 0.29) is 11.8 Å². The van der Waals surface area contributed by atoms with Crippen molar-refractivity contribution in [3.63, 3.8) is 0 Å². The van der Waals surface area contributed by atoms with Gasteiger partial charge in [-0.3, -0.25) is 4.79 Å². The van der Waals surface area contributed by atoms with Gasteiger partial charge in [0.05, 0.1) is 0 Å². The summed E-state index contributed by atoms with van der Waals surface area (Å²) in [6.07, 6.45) is 7.34. The molecule has 13 heavy (non-hydrogen) atoms. The van der Waals surface area contributed by atoms with Gasteiger partial charge in [-0.1, -0.05) is 26.0 Å². The highest BCUT2D eigenvalue weighted by Crippen LogP contribution is 2.08. The molecular formula is C11H21NO. The van der Waals surface area contributed by atoms with E-state index in [9.17, 15) is 4.79 Å². The third-order valence-electron chi connectivity index (χ3n) is 2.03. The Hall–Kier alpha value is -0.790. The van der Waals surface area contributed by atoms with Crippen LogP contribution in [0.1, 0.15) is 33.1 Å². The average molecular weight is 183 g/mol. The molecule has 2 heteroatoms. The van der Waals surface area contributed by atoms with Crippen molar-refractivity contribution in [2.24, 2.45) is 5.92 Å². The van der Waals surface area contributed by atoms with Gasteiger partial charge in [0.15, 0.2) is 0 Å². The van der Waals surface area contributed by atoms with Crippen LogP contribution >= 0.6 is 0 Å². The number of amides is 1. The number of rotatable bonds is 5. The summed E-state index contributed by atoms with van der Waals surface area (Å²) in [4.78, 5) is 13.1. The van der Waals surface area contributed by atoms with Crippen molar-refractivity contribution in [2.75, 3.05) is 14.1 Å². The summed E-state index contributed by atoms with van der Waals surface area (Å²) in [6.45, 7) is 4.10. The first-order chi connectivity index (χ1) is 6.09. The Morgan fingerprint density at radius 3 is 2.46 bits per heavy atom. The summed E-state index contributed by atoms with van der Waals surface area (Å²) in [5, 5.41) is 0. The second kappa shape index (κ2) is 6.70. The molecule has 2 nitrogen and oxygen atoms in total. The monoisotopic (exact) mass is 183 g/mol. The molecule has 0 saturated heterocycles. The molecule has 1 atom stereocenters. The lowest BCUT2D eigenvalue weighted by Gasteiger charge is -2.15. The van der Waals surface area contributed by atoms with Crippen LogP contribution < -0.4 is 0 Å². The molecule has 0 saturated carbocycles. The van der Waals surface area contributed by atoms with Gasteiger partial charge in [0, 0.05) is 20.0 Å². The predicted octanol–water partition coefficient (Wildman–Crippen LogP) is 2.46. The van der Waals surface area contributed by atoms with E-state index in [1.165, 1.54) is 0 Å². The van der Waals surface area contributed by atoms with E-state index in [0.29, 0.717) is 0 Å². The number of carbonyl (C=O) groups is 1. The summed E-state index contributed by atoms with van der Waals surface area (Å²) >= 11 is 0. The number of hydrogen-bond acceptors (Lipinski definition) is 1. The molecule has 0 aromatic rings. The maximum atomic E-state index is 11.4. The molecule has 0 aliphatic carbocycles. The molecule has 0 heterocycles. The van der Waals surface area contributed by atoms with Crippen molar-refractivity contribution < 1.29 is 4.79 Å². The van der Waals surface area contributed by atoms with Crippen LogP contribution in [0.15, 0.2) is 12.2 Å². The standard InChI is InChI=1S/C11H21NO/c1-5-6-7-8-9-10(2)11(13)12(3)4/h6-7,10H,5,8-9H2,1-4H3/b7-6-. The number of hydrogen-bond donors (Lipinski definition) is 0. The van der Waals surface area contributed by atoms with E-state index in [0.717, 1.165) is 19.3 Å². The predicted molar refractivity (Wildman–Crippen MR) is 56.5 cm³/mol. The Kier molecular flexibility index (Phi) is 6.29. The van der Waals surface area contributed by atoms with Crippen molar-refractivity contribution in [1.29, 1.82) is 0 Å². The summed E-state index contributed by atoms with van der Waals surface area (Å²) in [7, 11) is 3.61. The molecule has 0 N–H and O–H groups in total. The summed E-state index contributed by atoms with van der Waals surface area (Å²) in [6, 6.07) is 0. The molecule has 76 valence electrons. The zero-order chi connectivity index (χ0) is 10.3. The van der Waals surface area contributed by atoms with Crippen LogP contribution in [-0.4, -0.2) is 24.9 Å². The van der Waals surface area contributed by atoms with Crippen LogP contribution in [0, 0.1) is 5.92 Å². The van der Waals surface area contributed by atoms with Crippen LogP contribution in [0.2, 0.25) is 0 Å². The van der Waals surface area contributed by atoms with Crippen molar-refractivity contribution in [3.05, 3.63) is 12.2 Å². The Morgan fingerprint density at radius 2 is 2.00 bits per heavy atom. The molecule has 0 aromatic carbocycles. The summed E-state index contributed by atoms with van der Waals surface area (Å²) < 4.78 is 0. The lowest BCUT2D eigenvalue weighted by atomic mass is 10.0. The molecule has 0 aromatic heterocycles. The molecule has 0 aliphatic heterocycles. The minimum absolute atomic E-state index is 0.150. The molecule has 1 unspecified atom stereocenters. The number of carbonyl (C=O) groups excluding carboxylic acids is 1. The molecule has 1 amide bonds. The molecule has 0 aliphatic rings. The summed E-state index contributed by atoms with van der Waals surface area (Å²) in [5.41, 5.74) is 0. The molecule has 0 radical (unpaired) electrons. The Morgan fingerprint density at radius 1 is 1.38 bits per heavy atom. The minimum Gasteiger partial charge on any atom is -0.349 e. The molecular weight excluding hydrogens is 162 g/mol. The van der Waals surface area contributed by atoms with Gasteiger partial charge in [-0.25, -0.2) is 0 Å². The van der Waals surface area contributed by atoms with Gasteiger partial charge in [0.2, 0.25) is 5.91 Å². The van der Waals surface area contributed by atoms with Gasteiger partial charge in [-0.2, -0.15) is 0 Å². The average Bonchev–Trinajstić information content (AvgIpc) is 2.10. The number of allylic oxidation sites excluding steroid dienone is 2. The van der Waals surface area contributed by atoms with Gasteiger partial charge in [0.25, 0.3) is 0 Å². The highest BCUT2D eigenvalue weighted by molar-refractivity contribution is 5.77. The van der Waals surface area contributed by atoms with Gasteiger partial charge in [0.1, 0.15) is 0 Å². The first-order valence-electron chi connectivity index (χ1n) is 4.95. The van der Waals surface area contributed by atoms with Crippen LogP contribution in [0.4, 0.5) is 0 Å². The lowest BCUT2D eigenvalue weighted by molar-refractivity contribution is -0.132. The lowest BCUT2D eigenvalue weighted by Crippen LogP contribution is -2.27. The maximum Gasteiger partial charge on any atom is 0.224 e. The van der Waals surface area contributed by atoms with Crippen molar-refractivity contribution >= 4 is 5.91 Å². The topological polar surface area (TPSA) is 20.3 Å². The van der Waals surface area contributed by atoms with Crippen molar-refractivity contribution in [2.45, 2.75) is 33.1 Å². The Bertz CT molecular complexity index is 173. The summed E-state index contributed by atoms with van der Waals surface area (Å²) in [5.74, 6) is 0.376. The minimum atomic E-state index is 0.150. The van der Waals surface area contributed by atoms with Crippen molar-refractivity contribution in [3.8, 4) is 0 Å². The van der Waals surface area contributed by atoms with Crippen LogP contribution in [-0.2, 0) is 4.79 Å². The van der Waals surface area contributed by atoms with E-state index in [1.807, 2.05) is 6.92 Å². The van der Waals surface area contributed by atoms with Crippen LogP contribution in [0.3, 0.4) is 0 Å². The highest BCUT2D eigenvalue weighted by atomic mass is 16.2. The normalized spacial score (nSPS) is 13.2. The Balaban J connectivity index is 3.68. The molecule has 0 bridgehead atoms. The van der Waals surface area contributed by atoms with E-state index in [1.54, 1.807) is 19.0 Å². The quantitative estimate of drug-likeness (QED) is 0.599. The van der Waals surface area contributed by atoms with Gasteiger partial charge < -0.3 is 4.90 Å². The second-order valence-corrected chi connectivity index (χ2v) is 3.59. The third kappa shape index (κ3) is 5.45. The fourth-order valence-electron chi connectivity index (χ4n) is 1.19. The molecule has 0 fully saturated rings. The highest BCUT2D eigenvalue weighted by Gasteiger charge is 2.12. The first-order valence-corrected chi connectivity index (χ1v) is 4.95. The first kappa shape index (κ1) is 12.2.